The summed E-state index contributed by atoms with van der Waals surface area (Å²) < 4.78 is 46.3. The van der Waals surface area contributed by atoms with Crippen molar-refractivity contribution in [2.24, 2.45) is 28.8 Å². The molecule has 2 aliphatic rings. The molecule has 0 saturated heterocycles. The molecule has 2 fully saturated rings. The minimum absolute atomic E-state index is 0.237. The fourth-order valence-corrected chi connectivity index (χ4v) is 10.4. The van der Waals surface area contributed by atoms with Crippen LogP contribution in [0.4, 0.5) is 5.13 Å². The van der Waals surface area contributed by atoms with E-state index >= 15 is 0 Å². The third-order valence-corrected chi connectivity index (χ3v) is 15.3. The van der Waals surface area contributed by atoms with E-state index < -0.39 is 35.7 Å². The van der Waals surface area contributed by atoms with E-state index in [1.165, 1.54) is 11.3 Å². The van der Waals surface area contributed by atoms with Crippen molar-refractivity contribution in [2.45, 2.75) is 122 Å². The van der Waals surface area contributed by atoms with Crippen LogP contribution in [-0.4, -0.2) is 80.0 Å². The number of unbranched alkanes of at least 4 members (excludes halogenated alkanes) is 7. The quantitative estimate of drug-likeness (QED) is 0.00980. The van der Waals surface area contributed by atoms with Gasteiger partial charge in [-0.05, 0) is 188 Å². The average molecular weight is 1140 g/mol. The maximum absolute atomic E-state index is 13.9. The van der Waals surface area contributed by atoms with E-state index in [4.69, 9.17) is 48.0 Å². The number of thiazole rings is 1. The molecule has 0 spiro atoms. The van der Waals surface area contributed by atoms with Crippen LogP contribution in [0, 0.1) is 23.7 Å². The first-order chi connectivity index (χ1) is 40.0. The van der Waals surface area contributed by atoms with Gasteiger partial charge in [-0.2, -0.15) is 5.10 Å². The predicted molar refractivity (Wildman–Crippen MR) is 312 cm³/mol. The maximum atomic E-state index is 13.9. The molecule has 17 nitrogen and oxygen atoms in total. The minimum atomic E-state index is -0.462. The highest BCUT2D eigenvalue weighted by Crippen LogP contribution is 2.36. The Hall–Kier alpha value is -7.86. The number of carbonyl (C=O) groups is 6. The molecule has 2 aliphatic carbocycles. The zero-order valence-corrected chi connectivity index (χ0v) is 47.7. The Kier molecular flexibility index (Phi) is 25.0. The maximum Gasteiger partial charge on any atom is 0.330 e. The Bertz CT molecular complexity index is 2890. The summed E-state index contributed by atoms with van der Waals surface area (Å²) in [5.41, 5.74) is 1.28. The van der Waals surface area contributed by atoms with Crippen LogP contribution >= 0.6 is 11.3 Å². The highest BCUT2D eigenvalue weighted by Gasteiger charge is 2.34. The van der Waals surface area contributed by atoms with Crippen LogP contribution in [0.5, 0.6) is 34.5 Å². The van der Waals surface area contributed by atoms with E-state index in [1.54, 1.807) is 72.9 Å². The zero-order chi connectivity index (χ0) is 57.9. The van der Waals surface area contributed by atoms with Gasteiger partial charge in [0.05, 0.1) is 66.5 Å². The summed E-state index contributed by atoms with van der Waals surface area (Å²) in [7, 11) is 0. The third-order valence-electron chi connectivity index (χ3n) is 14.3. The van der Waals surface area contributed by atoms with Gasteiger partial charge >= 0.3 is 35.8 Å². The highest BCUT2D eigenvalue weighted by atomic mass is 32.1. The first-order valence-electron chi connectivity index (χ1n) is 28.7. The summed E-state index contributed by atoms with van der Waals surface area (Å²) in [5, 5.41) is 7.41. The second-order valence-electron chi connectivity index (χ2n) is 20.4. The fourth-order valence-electron chi connectivity index (χ4n) is 9.48. The van der Waals surface area contributed by atoms with Gasteiger partial charge in [0.2, 0.25) is 5.13 Å². The molecule has 0 N–H and O–H groups in total. The number of aromatic nitrogens is 1. The lowest BCUT2D eigenvalue weighted by Crippen LogP contribution is -2.30. The Labute approximate surface area is 483 Å². The van der Waals surface area contributed by atoms with Crippen molar-refractivity contribution in [3.63, 3.8) is 0 Å². The molecular weight excluding hydrogens is 1070 g/mol. The van der Waals surface area contributed by atoms with Crippen LogP contribution in [0.15, 0.2) is 121 Å². The molecule has 1 aromatic heterocycles. The summed E-state index contributed by atoms with van der Waals surface area (Å²) >= 11 is 1.52. The number of anilines is 1. The number of rotatable bonds is 32. The second kappa shape index (κ2) is 33.2. The molecule has 82 heavy (non-hydrogen) atoms. The Morgan fingerprint density at radius 2 is 0.963 bits per heavy atom. The van der Waals surface area contributed by atoms with E-state index in [1.807, 2.05) is 29.3 Å². The molecule has 1 heterocycles. The molecular formula is C64H75N3O14S. The van der Waals surface area contributed by atoms with Crippen LogP contribution in [0.1, 0.15) is 128 Å². The molecule has 0 bridgehead atoms. The molecule has 2 saturated carbocycles. The number of hydrogen-bond acceptors (Lipinski definition) is 18. The Balaban J connectivity index is 0.896. The monoisotopic (exact) mass is 1140 g/mol. The summed E-state index contributed by atoms with van der Waals surface area (Å²) in [6.45, 7) is 11.3. The first-order valence-corrected chi connectivity index (χ1v) is 29.5. The van der Waals surface area contributed by atoms with E-state index in [0.29, 0.717) is 118 Å². The summed E-state index contributed by atoms with van der Waals surface area (Å²) in [6, 6.07) is 26.6. The summed E-state index contributed by atoms with van der Waals surface area (Å²) in [6.07, 6.45) is 16.2. The van der Waals surface area contributed by atoms with Crippen LogP contribution in [0.25, 0.3) is 10.2 Å². The smallest absolute Gasteiger partial charge is 0.330 e. The molecule has 18 heteroatoms. The van der Waals surface area contributed by atoms with Gasteiger partial charge in [0.25, 0.3) is 0 Å². The molecule has 0 aliphatic heterocycles. The molecule has 7 rings (SSSR count). The lowest BCUT2D eigenvalue weighted by Gasteiger charge is -2.26. The fraction of sp³-hybridized carbons (Fsp3) is 0.438. The molecule has 0 radical (unpaired) electrons. The van der Waals surface area contributed by atoms with Crippen LogP contribution in [0.2, 0.25) is 0 Å². The molecule has 5 aromatic rings. The van der Waals surface area contributed by atoms with E-state index in [0.717, 1.165) is 86.6 Å². The van der Waals surface area contributed by atoms with Crippen LogP contribution in [0.3, 0.4) is 0 Å². The minimum Gasteiger partial charge on any atom is -0.494 e. The number of carbonyl (C=O) groups excluding carboxylic acids is 6. The second-order valence-corrected chi connectivity index (χ2v) is 21.4. The van der Waals surface area contributed by atoms with Crippen LogP contribution < -0.4 is 33.4 Å². The molecule has 436 valence electrons. The van der Waals surface area contributed by atoms with Gasteiger partial charge in [-0.3, -0.25) is 19.2 Å². The number of benzene rings is 4. The van der Waals surface area contributed by atoms with Crippen molar-refractivity contribution in [1.29, 1.82) is 0 Å². The Morgan fingerprint density at radius 3 is 1.43 bits per heavy atom. The van der Waals surface area contributed by atoms with Gasteiger partial charge in [0.15, 0.2) is 0 Å². The zero-order valence-electron chi connectivity index (χ0n) is 46.8. The lowest BCUT2D eigenvalue weighted by molar-refractivity contribution is -0.145. The van der Waals surface area contributed by atoms with Crippen molar-refractivity contribution in [3.8, 4) is 34.5 Å². The number of esters is 6. The van der Waals surface area contributed by atoms with Gasteiger partial charge in [-0.1, -0.05) is 50.0 Å². The lowest BCUT2D eigenvalue weighted by atomic mass is 9.82. The van der Waals surface area contributed by atoms with E-state index in [-0.39, 0.29) is 35.3 Å². The number of hydrazone groups is 1. The van der Waals surface area contributed by atoms with Crippen molar-refractivity contribution in [3.05, 3.63) is 122 Å². The van der Waals surface area contributed by atoms with Gasteiger partial charge in [-0.25, -0.2) is 19.6 Å². The summed E-state index contributed by atoms with van der Waals surface area (Å²) in [5.74, 6) is -1.42. The molecule has 0 amide bonds. The largest absolute Gasteiger partial charge is 0.494 e. The topological polar surface area (TPSA) is 205 Å². The van der Waals surface area contributed by atoms with Crippen molar-refractivity contribution in [2.75, 3.05) is 38.0 Å². The van der Waals surface area contributed by atoms with Gasteiger partial charge in [-0.15, -0.1) is 0 Å². The van der Waals surface area contributed by atoms with Crippen LogP contribution in [-0.2, 0) is 38.2 Å². The Morgan fingerprint density at radius 1 is 0.537 bits per heavy atom. The number of ether oxygens (including phenoxy) is 8. The average Bonchev–Trinajstić information content (AvgIpc) is 4.16. The molecule has 0 unspecified atom stereocenters. The van der Waals surface area contributed by atoms with Crippen molar-refractivity contribution in [1.82, 2.24) is 4.98 Å². The van der Waals surface area contributed by atoms with E-state index in [2.05, 4.69) is 20.1 Å². The third kappa shape index (κ3) is 20.0. The molecule has 4 aromatic carbocycles. The highest BCUT2D eigenvalue weighted by molar-refractivity contribution is 7.22. The van der Waals surface area contributed by atoms with Crippen molar-refractivity contribution < 1.29 is 66.7 Å². The number of hydrogen-bond donors (Lipinski definition) is 0. The first kappa shape index (κ1) is 61.8. The predicted octanol–water partition coefficient (Wildman–Crippen LogP) is 12.9. The number of para-hydroxylation sites is 1. The summed E-state index contributed by atoms with van der Waals surface area (Å²) in [4.78, 5) is 81.3. The normalized spacial score (nSPS) is 16.8. The van der Waals surface area contributed by atoms with Gasteiger partial charge in [0.1, 0.15) is 34.5 Å². The standard InChI is InChI=1S/C64H75N3O14S/c1-4-7-38-67(64-66-55-18-12-13-19-57(55)82-64)65-44-49-43-54(80-62(72)47-22-20-45(21-23-47)60(70)78-52-32-28-50(29-33-52)74-39-14-8-10-16-41-76-58(68)5-2)36-37-56(49)81-63(73)48-26-24-46(25-27-48)61(71)79-53-34-30-51(31-35-53)75-40-15-9-11-17-42-77-59(69)6-3/h5-6,12-13,18-19,28-37,43-48H,2-4,7-11,14-17,20-27,38-42H2,1H3/b65-44+/t45-,46-,47-,48-. The van der Waals surface area contributed by atoms with Gasteiger partial charge in [0, 0.05) is 24.3 Å². The number of fused-ring (bicyclic) bond motifs is 1. The molecule has 0 atom stereocenters. The SMILES string of the molecule is C=CC(=O)OCCCCCCOc1ccc(OC(=O)[C@H]2CC[C@H](C(=O)Oc3ccc(OC(=O)[C@H]4CC[C@H](C(=O)Oc5ccc(OCCCCCCOC(=O)C=C)cc5)CC4)c(/C=N/N(CCCC)c4nc5ccccc5s4)c3)CC2)cc1. The van der Waals surface area contributed by atoms with E-state index in [9.17, 15) is 28.8 Å². The van der Waals surface area contributed by atoms with Gasteiger partial charge < -0.3 is 37.9 Å². The number of nitrogens with zero attached hydrogens (tertiary/aromatic N) is 3. The van der Waals surface area contributed by atoms with Crippen molar-refractivity contribution >= 4 is 68.7 Å².